The van der Waals surface area contributed by atoms with Crippen molar-refractivity contribution in [3.8, 4) is 0 Å². The Labute approximate surface area is 219 Å². The van der Waals surface area contributed by atoms with Crippen LogP contribution in [0, 0.1) is 0 Å². The van der Waals surface area contributed by atoms with E-state index in [-0.39, 0.29) is 79.1 Å². The molecule has 0 rings (SSSR count). The molecule has 0 atom stereocenters. The third kappa shape index (κ3) is 50.3. The molecule has 0 fully saturated rings. The van der Waals surface area contributed by atoms with E-state index in [4.69, 9.17) is 20.4 Å². The molecule has 0 aliphatic carbocycles. The van der Waals surface area contributed by atoms with Crippen LogP contribution in [0.3, 0.4) is 0 Å². The Bertz CT molecular complexity index is 237. The molecule has 0 bridgehead atoms. The molecular formula is C20H48N4O8Zr. The van der Waals surface area contributed by atoms with Crippen LogP contribution in [0.1, 0.15) is 0 Å². The molecule has 0 saturated heterocycles. The van der Waals surface area contributed by atoms with Gasteiger partial charge in [-0.15, -0.1) is 26.4 Å². The molecule has 0 aromatic carbocycles. The molecule has 0 aromatic rings. The number of rotatable bonds is 16. The Morgan fingerprint density at radius 2 is 0.545 bits per heavy atom. The van der Waals surface area contributed by atoms with Crippen molar-refractivity contribution in [1.29, 1.82) is 0 Å². The molecule has 13 heteroatoms. The predicted molar refractivity (Wildman–Crippen MR) is 118 cm³/mol. The summed E-state index contributed by atoms with van der Waals surface area (Å²) in [6.07, 6.45) is 0. The van der Waals surface area contributed by atoms with E-state index < -0.39 is 0 Å². The minimum Gasteiger partial charge on any atom is -0.854 e. The van der Waals surface area contributed by atoms with Crippen molar-refractivity contribution in [2.45, 2.75) is 0 Å². The van der Waals surface area contributed by atoms with Crippen LogP contribution in [0.15, 0.2) is 0 Å². The summed E-state index contributed by atoms with van der Waals surface area (Å²) in [4.78, 5) is 7.19. The van der Waals surface area contributed by atoms with Crippen molar-refractivity contribution in [2.24, 2.45) is 0 Å². The van der Waals surface area contributed by atoms with Gasteiger partial charge in [0.05, 0.1) is 26.4 Å². The topological polar surface area (TPSA) is 186 Å². The Morgan fingerprint density at radius 1 is 0.394 bits per heavy atom. The molecule has 200 valence electrons. The molecule has 12 nitrogen and oxygen atoms in total. The fraction of sp³-hybridized carbons (Fsp3) is 1.00. The molecule has 0 aliphatic rings. The van der Waals surface area contributed by atoms with E-state index in [1.54, 1.807) is 19.6 Å². The van der Waals surface area contributed by atoms with Crippen LogP contribution in [0.25, 0.3) is 0 Å². The summed E-state index contributed by atoms with van der Waals surface area (Å²) in [5, 5.41) is 72.8. The van der Waals surface area contributed by atoms with Gasteiger partial charge < -0.3 is 60.5 Å². The van der Waals surface area contributed by atoms with Crippen molar-refractivity contribution in [3.63, 3.8) is 0 Å². The summed E-state index contributed by atoms with van der Waals surface area (Å²) in [5.41, 5.74) is 0. The Hall–Kier alpha value is 0.403. The third-order valence-corrected chi connectivity index (χ3v) is 3.82. The van der Waals surface area contributed by atoms with E-state index in [9.17, 15) is 20.4 Å². The first kappa shape index (κ1) is 43.5. The number of nitrogens with zero attached hydrogens (tertiary/aromatic N) is 4. The minimum atomic E-state index is -0.0868. The summed E-state index contributed by atoms with van der Waals surface area (Å²) in [6.45, 7) is 4.71. The quantitative estimate of drug-likeness (QED) is 0.139. The second-order valence-electron chi connectivity index (χ2n) is 6.92. The molecule has 0 heterocycles. The Kier molecular flexibility index (Phi) is 52.2. The van der Waals surface area contributed by atoms with E-state index in [0.717, 1.165) is 0 Å². The number of hydrogen-bond donors (Lipinski definition) is 4. The van der Waals surface area contributed by atoms with Crippen molar-refractivity contribution in [2.75, 3.05) is 133 Å². The van der Waals surface area contributed by atoms with Crippen molar-refractivity contribution in [1.82, 2.24) is 19.6 Å². The number of hydrogen-bond acceptors (Lipinski definition) is 12. The minimum absolute atomic E-state index is 0. The number of likely N-dealkylation sites (N-methyl/N-ethyl adjacent to an activating group) is 4. The largest absolute Gasteiger partial charge is 4.00 e. The predicted octanol–water partition coefficient (Wildman–Crippen LogP) is -6.92. The van der Waals surface area contributed by atoms with Gasteiger partial charge in [0.2, 0.25) is 0 Å². The van der Waals surface area contributed by atoms with E-state index in [2.05, 4.69) is 0 Å². The van der Waals surface area contributed by atoms with Gasteiger partial charge in [0.15, 0.2) is 0 Å². The fourth-order valence-corrected chi connectivity index (χ4v) is 1.75. The van der Waals surface area contributed by atoms with E-state index in [0.29, 0.717) is 52.4 Å². The van der Waals surface area contributed by atoms with Crippen LogP contribution < -0.4 is 20.4 Å². The van der Waals surface area contributed by atoms with Gasteiger partial charge in [-0.05, 0) is 54.4 Å². The molecule has 0 unspecified atom stereocenters. The van der Waals surface area contributed by atoms with Gasteiger partial charge in [0.1, 0.15) is 0 Å². The van der Waals surface area contributed by atoms with E-state index in [1.165, 1.54) is 0 Å². The van der Waals surface area contributed by atoms with Gasteiger partial charge in [-0.1, -0.05) is 0 Å². The van der Waals surface area contributed by atoms with Crippen LogP contribution >= 0.6 is 0 Å². The maximum Gasteiger partial charge on any atom is 4.00 e. The molecule has 0 spiro atoms. The van der Waals surface area contributed by atoms with Crippen LogP contribution in [0.4, 0.5) is 0 Å². The zero-order valence-corrected chi connectivity index (χ0v) is 23.5. The SMILES string of the molecule is CN(CC[O-])CCO.CN(CC[O-])CCO.CN(CC[O-])CCO.CN(CC[O-])CCO.[Zr+4]. The standard InChI is InChI=1S/4C5H12NO2.Zr/c4*1-6(2-4-7)3-5-8;/h4*7H,2-5H2,1H3;/q4*-1;+4. The first-order valence-electron chi connectivity index (χ1n) is 10.7. The molecule has 0 amide bonds. The van der Waals surface area contributed by atoms with E-state index in [1.807, 2.05) is 28.2 Å². The second kappa shape index (κ2) is 39.6. The van der Waals surface area contributed by atoms with Crippen LogP contribution in [0.2, 0.25) is 0 Å². The zero-order valence-electron chi connectivity index (χ0n) is 21.0. The Morgan fingerprint density at radius 3 is 0.636 bits per heavy atom. The molecule has 0 aliphatic heterocycles. The maximum atomic E-state index is 9.89. The molecule has 0 saturated carbocycles. The van der Waals surface area contributed by atoms with Gasteiger partial charge in [-0.3, -0.25) is 0 Å². The molecule has 4 N–H and O–H groups in total. The monoisotopic (exact) mass is 562 g/mol. The molecule has 0 radical (unpaired) electrons. The fourth-order valence-electron chi connectivity index (χ4n) is 1.75. The number of aliphatic hydroxyl groups excluding tert-OH is 4. The van der Waals surface area contributed by atoms with Gasteiger partial charge >= 0.3 is 26.2 Å². The zero-order chi connectivity index (χ0) is 25.6. The van der Waals surface area contributed by atoms with E-state index >= 15 is 0 Å². The van der Waals surface area contributed by atoms with Crippen LogP contribution in [-0.2, 0) is 26.2 Å². The summed E-state index contributed by atoms with van der Waals surface area (Å²) in [5.74, 6) is 0. The molecular weight excluding hydrogens is 515 g/mol. The summed E-state index contributed by atoms with van der Waals surface area (Å²) in [7, 11) is 7.25. The first-order valence-corrected chi connectivity index (χ1v) is 10.7. The number of aliphatic hydroxyl groups is 4. The smallest absolute Gasteiger partial charge is 0.854 e. The van der Waals surface area contributed by atoms with Gasteiger partial charge in [0, 0.05) is 26.2 Å². The summed E-state index contributed by atoms with van der Waals surface area (Å²) in [6, 6.07) is 0. The Balaban J connectivity index is -0.000000105. The average molecular weight is 564 g/mol. The van der Waals surface area contributed by atoms with Gasteiger partial charge in [-0.25, -0.2) is 0 Å². The molecule has 0 aromatic heterocycles. The van der Waals surface area contributed by atoms with Crippen molar-refractivity contribution in [3.05, 3.63) is 0 Å². The molecule has 33 heavy (non-hydrogen) atoms. The maximum absolute atomic E-state index is 9.89. The third-order valence-electron chi connectivity index (χ3n) is 3.82. The summed E-state index contributed by atoms with van der Waals surface area (Å²) < 4.78 is 0. The van der Waals surface area contributed by atoms with Crippen molar-refractivity contribution >= 4 is 0 Å². The van der Waals surface area contributed by atoms with Gasteiger partial charge in [-0.2, -0.15) is 0 Å². The van der Waals surface area contributed by atoms with Crippen LogP contribution in [0.5, 0.6) is 0 Å². The average Bonchev–Trinajstić information content (AvgIpc) is 2.71. The summed E-state index contributed by atoms with van der Waals surface area (Å²) >= 11 is 0. The first-order chi connectivity index (χ1) is 15.2. The van der Waals surface area contributed by atoms with Crippen molar-refractivity contribution < 1.29 is 67.1 Å². The van der Waals surface area contributed by atoms with Gasteiger partial charge in [0.25, 0.3) is 0 Å². The van der Waals surface area contributed by atoms with Crippen LogP contribution in [-0.4, -0.2) is 173 Å². The second-order valence-corrected chi connectivity index (χ2v) is 6.92. The normalized spacial score (nSPS) is 10.2.